The molecule has 1 saturated carbocycles. The number of para-hydroxylation sites is 1. The molecule has 2 aromatic carbocycles. The van der Waals surface area contributed by atoms with Crippen LogP contribution in [0.1, 0.15) is 47.9 Å². The average molecular weight is 525 g/mol. The van der Waals surface area contributed by atoms with Gasteiger partial charge in [-0.15, -0.1) is 0 Å². The summed E-state index contributed by atoms with van der Waals surface area (Å²) < 4.78 is 41.2. The first-order valence-corrected chi connectivity index (χ1v) is 12.3. The molecule has 0 bridgehead atoms. The molecule has 0 radical (unpaired) electrons. The van der Waals surface area contributed by atoms with Gasteiger partial charge in [-0.1, -0.05) is 36.8 Å². The molecule has 2 aromatic heterocycles. The van der Waals surface area contributed by atoms with Gasteiger partial charge >= 0.3 is 12.1 Å². The number of carboxylic acids is 1. The van der Waals surface area contributed by atoms with Crippen molar-refractivity contribution in [1.29, 1.82) is 0 Å². The molecule has 1 unspecified atom stereocenters. The molecule has 8 nitrogen and oxygen atoms in total. The monoisotopic (exact) mass is 524 g/mol. The number of anilines is 3. The number of imidazole rings is 1. The summed E-state index contributed by atoms with van der Waals surface area (Å²) in [5, 5.41) is 13.1. The normalized spacial score (nSPS) is 14.8. The highest BCUT2D eigenvalue weighted by Gasteiger charge is 2.31. The maximum Gasteiger partial charge on any atom is 0.416 e. The lowest BCUT2D eigenvalue weighted by molar-refractivity contribution is -0.137. The van der Waals surface area contributed by atoms with Gasteiger partial charge in [-0.25, -0.2) is 14.8 Å². The van der Waals surface area contributed by atoms with Crippen LogP contribution in [0.2, 0.25) is 0 Å². The van der Waals surface area contributed by atoms with Crippen molar-refractivity contribution in [1.82, 2.24) is 19.5 Å². The van der Waals surface area contributed by atoms with Gasteiger partial charge in [0.1, 0.15) is 5.52 Å². The summed E-state index contributed by atoms with van der Waals surface area (Å²) in [4.78, 5) is 26.9. The van der Waals surface area contributed by atoms with Gasteiger partial charge in [0, 0.05) is 18.8 Å². The van der Waals surface area contributed by atoms with E-state index < -0.39 is 17.7 Å². The number of benzene rings is 2. The number of aromatic nitrogens is 4. The van der Waals surface area contributed by atoms with Crippen molar-refractivity contribution in [3.63, 3.8) is 0 Å². The summed E-state index contributed by atoms with van der Waals surface area (Å²) >= 11 is 0. The third-order valence-corrected chi connectivity index (χ3v) is 7.06. The SMILES string of the molecule is CC(Nc1nc(C(=O)O)nc2nc(N(C)c3ccccc3)n(Cc3ccc(C(F)(F)F)cc3)c12)C1CCC1. The zero-order chi connectivity index (χ0) is 27.0. The molecule has 0 aliphatic heterocycles. The lowest BCUT2D eigenvalue weighted by Crippen LogP contribution is -2.31. The first-order chi connectivity index (χ1) is 18.1. The van der Waals surface area contributed by atoms with Gasteiger partial charge in [0.15, 0.2) is 11.5 Å². The van der Waals surface area contributed by atoms with Crippen LogP contribution in [0.15, 0.2) is 54.6 Å². The number of hydrogen-bond donors (Lipinski definition) is 2. The first-order valence-electron chi connectivity index (χ1n) is 12.3. The molecule has 1 aliphatic rings. The molecule has 38 heavy (non-hydrogen) atoms. The Kier molecular flexibility index (Phi) is 6.68. The molecule has 4 aromatic rings. The second-order valence-electron chi connectivity index (χ2n) is 9.58. The minimum absolute atomic E-state index is 0.0354. The van der Waals surface area contributed by atoms with Crippen molar-refractivity contribution in [3.8, 4) is 0 Å². The van der Waals surface area contributed by atoms with E-state index in [-0.39, 0.29) is 24.1 Å². The molecule has 5 rings (SSSR count). The van der Waals surface area contributed by atoms with Gasteiger partial charge in [0.25, 0.3) is 0 Å². The van der Waals surface area contributed by atoms with Crippen LogP contribution in [0.3, 0.4) is 0 Å². The maximum absolute atomic E-state index is 13.1. The Morgan fingerprint density at radius 1 is 1.11 bits per heavy atom. The molecule has 198 valence electrons. The zero-order valence-corrected chi connectivity index (χ0v) is 20.9. The molecule has 1 aliphatic carbocycles. The van der Waals surface area contributed by atoms with Gasteiger partial charge in [-0.3, -0.25) is 0 Å². The second kappa shape index (κ2) is 9.96. The van der Waals surface area contributed by atoms with Crippen LogP contribution in [0.25, 0.3) is 11.2 Å². The number of nitrogens with zero attached hydrogens (tertiary/aromatic N) is 5. The van der Waals surface area contributed by atoms with Crippen molar-refractivity contribution in [2.24, 2.45) is 5.92 Å². The number of alkyl halides is 3. The standard InChI is InChI=1S/C27H27F3N6O2/c1-16(18-7-6-8-18)31-22-21-23(33-24(32-22)25(37)38)34-26(35(2)20-9-4-3-5-10-20)36(21)15-17-11-13-19(14-12-17)27(28,29)30/h3-5,9-14,16,18H,6-8,15H2,1-2H3,(H,37,38)(H,31,32,33). The third kappa shape index (κ3) is 5.00. The van der Waals surface area contributed by atoms with Crippen molar-refractivity contribution < 1.29 is 23.1 Å². The van der Waals surface area contributed by atoms with E-state index in [0.29, 0.717) is 28.8 Å². The van der Waals surface area contributed by atoms with Gasteiger partial charge in [0.05, 0.1) is 12.1 Å². The van der Waals surface area contributed by atoms with E-state index in [1.807, 2.05) is 53.8 Å². The lowest BCUT2D eigenvalue weighted by Gasteiger charge is -2.32. The van der Waals surface area contributed by atoms with Crippen molar-refractivity contribution in [2.45, 2.75) is 44.9 Å². The largest absolute Gasteiger partial charge is 0.475 e. The van der Waals surface area contributed by atoms with Gasteiger partial charge in [-0.05, 0) is 55.5 Å². The molecular formula is C27H27F3N6O2. The Hall–Kier alpha value is -4.15. The van der Waals surface area contributed by atoms with Crippen LogP contribution in [0.4, 0.5) is 30.6 Å². The van der Waals surface area contributed by atoms with E-state index in [4.69, 9.17) is 0 Å². The summed E-state index contributed by atoms with van der Waals surface area (Å²) in [6, 6.07) is 14.4. The number of rotatable bonds is 8. The highest BCUT2D eigenvalue weighted by molar-refractivity contribution is 5.92. The van der Waals surface area contributed by atoms with Crippen LogP contribution in [0, 0.1) is 5.92 Å². The van der Waals surface area contributed by atoms with Gasteiger partial charge in [0.2, 0.25) is 11.8 Å². The molecule has 11 heteroatoms. The van der Waals surface area contributed by atoms with Crippen molar-refractivity contribution >= 4 is 34.6 Å². The Morgan fingerprint density at radius 2 is 1.79 bits per heavy atom. The number of fused-ring (bicyclic) bond motifs is 1. The molecule has 0 saturated heterocycles. The summed E-state index contributed by atoms with van der Waals surface area (Å²) in [6.45, 7) is 2.20. The summed E-state index contributed by atoms with van der Waals surface area (Å²) in [5.41, 5.74) is 1.37. The Labute approximate surface area is 217 Å². The van der Waals surface area contributed by atoms with Crippen LogP contribution < -0.4 is 10.2 Å². The average Bonchev–Trinajstić information content (AvgIpc) is 3.21. The van der Waals surface area contributed by atoms with Crippen LogP contribution in [-0.2, 0) is 12.7 Å². The van der Waals surface area contributed by atoms with E-state index >= 15 is 0 Å². The molecule has 2 N–H and O–H groups in total. The van der Waals surface area contributed by atoms with Crippen LogP contribution >= 0.6 is 0 Å². The van der Waals surface area contributed by atoms with E-state index in [2.05, 4.69) is 20.3 Å². The summed E-state index contributed by atoms with van der Waals surface area (Å²) in [7, 11) is 1.81. The fourth-order valence-electron chi connectivity index (χ4n) is 4.65. The molecule has 1 atom stereocenters. The second-order valence-corrected chi connectivity index (χ2v) is 9.58. The molecule has 0 spiro atoms. The predicted octanol–water partition coefficient (Wildman–Crippen LogP) is 5.96. The van der Waals surface area contributed by atoms with Gasteiger partial charge in [-0.2, -0.15) is 18.2 Å². The number of carboxylic acid groups (broad SMARTS) is 1. The van der Waals surface area contributed by atoms with Crippen molar-refractivity contribution in [2.75, 3.05) is 17.3 Å². The van der Waals surface area contributed by atoms with E-state index in [1.165, 1.54) is 12.1 Å². The Balaban J connectivity index is 1.66. The predicted molar refractivity (Wildman–Crippen MR) is 138 cm³/mol. The minimum Gasteiger partial charge on any atom is -0.475 e. The fourth-order valence-corrected chi connectivity index (χ4v) is 4.65. The van der Waals surface area contributed by atoms with Crippen LogP contribution in [-0.4, -0.2) is 43.7 Å². The van der Waals surface area contributed by atoms with Gasteiger partial charge < -0.3 is 19.9 Å². The fraction of sp³-hybridized carbons (Fsp3) is 0.333. The summed E-state index contributed by atoms with van der Waals surface area (Å²) in [6.07, 6.45) is -1.15. The third-order valence-electron chi connectivity index (χ3n) is 7.06. The van der Waals surface area contributed by atoms with E-state index in [9.17, 15) is 23.1 Å². The Morgan fingerprint density at radius 3 is 2.37 bits per heavy atom. The van der Waals surface area contributed by atoms with E-state index in [1.54, 1.807) is 0 Å². The maximum atomic E-state index is 13.1. The smallest absolute Gasteiger partial charge is 0.416 e. The number of hydrogen-bond acceptors (Lipinski definition) is 6. The zero-order valence-electron chi connectivity index (χ0n) is 20.9. The topological polar surface area (TPSA) is 96.2 Å². The number of halogens is 3. The lowest BCUT2D eigenvalue weighted by atomic mass is 9.80. The van der Waals surface area contributed by atoms with Crippen LogP contribution in [0.5, 0.6) is 0 Å². The number of aromatic carboxylic acids is 1. The Bertz CT molecular complexity index is 1450. The number of nitrogens with one attached hydrogen (secondary N) is 1. The quantitative estimate of drug-likeness (QED) is 0.294. The van der Waals surface area contributed by atoms with Crippen molar-refractivity contribution in [3.05, 3.63) is 71.5 Å². The number of carbonyl (C=O) groups is 1. The molecule has 2 heterocycles. The summed E-state index contributed by atoms with van der Waals surface area (Å²) in [5.74, 6) is -0.442. The molecule has 0 amide bonds. The molecule has 1 fully saturated rings. The highest BCUT2D eigenvalue weighted by Crippen LogP contribution is 2.35. The first kappa shape index (κ1) is 25.5. The molecular weight excluding hydrogens is 497 g/mol. The van der Waals surface area contributed by atoms with E-state index in [0.717, 1.165) is 37.1 Å². The minimum atomic E-state index is -4.44. The highest BCUT2D eigenvalue weighted by atomic mass is 19.4.